The Kier molecular flexibility index (Phi) is 3.74. The molecule has 0 saturated heterocycles. The predicted octanol–water partition coefficient (Wildman–Crippen LogP) is 3.51. The zero-order valence-electron chi connectivity index (χ0n) is 12.6. The molecule has 0 saturated carbocycles. The number of hydrogen-bond acceptors (Lipinski definition) is 3. The van der Waals surface area contributed by atoms with Gasteiger partial charge in [0.25, 0.3) is 5.91 Å². The highest BCUT2D eigenvalue weighted by molar-refractivity contribution is 6.07. The number of halogens is 1. The number of benzene rings is 1. The normalized spacial score (nSPS) is 18.0. The van der Waals surface area contributed by atoms with Gasteiger partial charge in [-0.2, -0.15) is 0 Å². The largest absolute Gasteiger partial charge is 0.466 e. The number of anilines is 1. The fourth-order valence-electron chi connectivity index (χ4n) is 2.96. The van der Waals surface area contributed by atoms with Crippen LogP contribution in [0.1, 0.15) is 46.4 Å². The van der Waals surface area contributed by atoms with Gasteiger partial charge in [0.15, 0.2) is 0 Å². The summed E-state index contributed by atoms with van der Waals surface area (Å²) in [4.78, 5) is 14.4. The van der Waals surface area contributed by atoms with Gasteiger partial charge in [0.2, 0.25) is 0 Å². The maximum atomic E-state index is 13.5. The lowest BCUT2D eigenvalue weighted by atomic mass is 10.0. The minimum atomic E-state index is -0.754. The molecule has 3 rings (SSSR count). The Morgan fingerprint density at radius 1 is 1.36 bits per heavy atom. The van der Waals surface area contributed by atoms with Crippen LogP contribution in [0.15, 0.2) is 28.7 Å². The second-order valence-electron chi connectivity index (χ2n) is 5.64. The summed E-state index contributed by atoms with van der Waals surface area (Å²) < 4.78 is 18.9. The summed E-state index contributed by atoms with van der Waals surface area (Å²) >= 11 is 0. The summed E-state index contributed by atoms with van der Waals surface area (Å²) in [6.07, 6.45) is 0.401. The van der Waals surface area contributed by atoms with E-state index in [4.69, 9.17) is 4.42 Å². The number of furan rings is 1. The molecule has 0 aliphatic carbocycles. The third-order valence-corrected chi connectivity index (χ3v) is 4.02. The van der Waals surface area contributed by atoms with Crippen LogP contribution < -0.4 is 4.90 Å². The number of aliphatic hydroxyl groups is 1. The first-order chi connectivity index (χ1) is 10.5. The summed E-state index contributed by atoms with van der Waals surface area (Å²) in [6, 6.07) is 5.88. The first kappa shape index (κ1) is 14.8. The van der Waals surface area contributed by atoms with Crippen molar-refractivity contribution in [3.05, 3.63) is 52.7 Å². The molecule has 0 bridgehead atoms. The molecule has 0 fully saturated rings. The van der Waals surface area contributed by atoms with Crippen molar-refractivity contribution < 1.29 is 18.7 Å². The van der Waals surface area contributed by atoms with Crippen LogP contribution in [0, 0.1) is 19.7 Å². The van der Waals surface area contributed by atoms with Crippen LogP contribution in [0.5, 0.6) is 0 Å². The zero-order chi connectivity index (χ0) is 15.9. The third-order valence-electron chi connectivity index (χ3n) is 4.02. The van der Waals surface area contributed by atoms with Crippen LogP contribution in [0.4, 0.5) is 10.1 Å². The van der Waals surface area contributed by atoms with E-state index in [0.29, 0.717) is 47.7 Å². The van der Waals surface area contributed by atoms with E-state index in [1.165, 1.54) is 12.1 Å². The molecule has 22 heavy (non-hydrogen) atoms. The van der Waals surface area contributed by atoms with Crippen molar-refractivity contribution in [3.8, 4) is 0 Å². The summed E-state index contributed by atoms with van der Waals surface area (Å²) in [6.45, 7) is 4.02. The first-order valence-corrected chi connectivity index (χ1v) is 7.34. The lowest BCUT2D eigenvalue weighted by Gasteiger charge is -2.23. The molecular weight excluding hydrogens is 285 g/mol. The Bertz CT molecular complexity index is 723. The highest BCUT2D eigenvalue weighted by atomic mass is 19.1. The Balaban J connectivity index is 2.06. The number of carbonyl (C=O) groups excluding carboxylic acids is 1. The molecular formula is C17H18FNO3. The van der Waals surface area contributed by atoms with Gasteiger partial charge in [-0.05, 0) is 51.0 Å². The van der Waals surface area contributed by atoms with E-state index in [2.05, 4.69) is 0 Å². The Morgan fingerprint density at radius 3 is 2.82 bits per heavy atom. The van der Waals surface area contributed by atoms with Crippen LogP contribution in [0.25, 0.3) is 0 Å². The van der Waals surface area contributed by atoms with Gasteiger partial charge >= 0.3 is 0 Å². The van der Waals surface area contributed by atoms with Gasteiger partial charge in [0.1, 0.15) is 17.3 Å². The highest BCUT2D eigenvalue weighted by Crippen LogP contribution is 2.34. The second-order valence-corrected chi connectivity index (χ2v) is 5.64. The van der Waals surface area contributed by atoms with Crippen LogP contribution in [0.2, 0.25) is 0 Å². The number of fused-ring (bicyclic) bond motifs is 1. The van der Waals surface area contributed by atoms with E-state index >= 15 is 0 Å². The van der Waals surface area contributed by atoms with E-state index in [9.17, 15) is 14.3 Å². The van der Waals surface area contributed by atoms with Gasteiger partial charge < -0.3 is 14.4 Å². The number of rotatable bonds is 1. The van der Waals surface area contributed by atoms with Crippen molar-refractivity contribution in [2.24, 2.45) is 0 Å². The minimum absolute atomic E-state index is 0.184. The predicted molar refractivity (Wildman–Crippen MR) is 80.5 cm³/mol. The molecule has 116 valence electrons. The molecule has 0 radical (unpaired) electrons. The van der Waals surface area contributed by atoms with Gasteiger partial charge in [0, 0.05) is 17.8 Å². The van der Waals surface area contributed by atoms with E-state index in [-0.39, 0.29) is 5.91 Å². The Labute approximate surface area is 128 Å². The molecule has 1 aliphatic heterocycles. The lowest BCUT2D eigenvalue weighted by Crippen LogP contribution is -2.32. The maximum Gasteiger partial charge on any atom is 0.261 e. The van der Waals surface area contributed by atoms with Gasteiger partial charge in [0.05, 0.1) is 11.7 Å². The van der Waals surface area contributed by atoms with Crippen molar-refractivity contribution in [2.75, 3.05) is 11.4 Å². The van der Waals surface area contributed by atoms with Crippen molar-refractivity contribution in [1.82, 2.24) is 0 Å². The van der Waals surface area contributed by atoms with Crippen LogP contribution in [-0.4, -0.2) is 17.6 Å². The minimum Gasteiger partial charge on any atom is -0.466 e. The van der Waals surface area contributed by atoms with E-state index < -0.39 is 11.9 Å². The summed E-state index contributed by atoms with van der Waals surface area (Å²) in [5.74, 6) is 0.643. The third kappa shape index (κ3) is 2.52. The smallest absolute Gasteiger partial charge is 0.261 e. The molecule has 1 N–H and O–H groups in total. The lowest BCUT2D eigenvalue weighted by molar-refractivity contribution is 0.0985. The molecule has 2 aromatic rings. The average Bonchev–Trinajstić information content (AvgIpc) is 2.72. The zero-order valence-corrected chi connectivity index (χ0v) is 12.6. The van der Waals surface area contributed by atoms with Crippen molar-refractivity contribution >= 4 is 11.6 Å². The van der Waals surface area contributed by atoms with Gasteiger partial charge in [-0.25, -0.2) is 4.39 Å². The Morgan fingerprint density at radius 2 is 2.14 bits per heavy atom. The molecule has 1 aliphatic rings. The number of hydrogen-bond donors (Lipinski definition) is 1. The fraction of sp³-hybridized carbons (Fsp3) is 0.353. The number of amides is 1. The number of aliphatic hydroxyl groups excluding tert-OH is 1. The van der Waals surface area contributed by atoms with E-state index in [1.807, 2.05) is 0 Å². The Hall–Kier alpha value is -2.14. The van der Waals surface area contributed by atoms with E-state index in [1.54, 1.807) is 30.9 Å². The van der Waals surface area contributed by atoms with Crippen molar-refractivity contribution in [1.29, 1.82) is 0 Å². The molecule has 1 atom stereocenters. The van der Waals surface area contributed by atoms with Crippen molar-refractivity contribution in [2.45, 2.75) is 32.8 Å². The van der Waals surface area contributed by atoms with Gasteiger partial charge in [-0.1, -0.05) is 0 Å². The molecule has 1 unspecified atom stereocenters. The molecule has 0 spiro atoms. The molecule has 4 nitrogen and oxygen atoms in total. The fourth-order valence-corrected chi connectivity index (χ4v) is 2.96. The second kappa shape index (κ2) is 5.57. The molecule has 2 heterocycles. The summed E-state index contributed by atoms with van der Waals surface area (Å²) in [5.41, 5.74) is 1.53. The number of nitrogens with zero attached hydrogens (tertiary/aromatic N) is 1. The first-order valence-electron chi connectivity index (χ1n) is 7.34. The molecule has 5 heteroatoms. The van der Waals surface area contributed by atoms with Crippen molar-refractivity contribution in [3.63, 3.8) is 0 Å². The monoisotopic (exact) mass is 303 g/mol. The molecule has 1 aromatic carbocycles. The molecule has 1 aromatic heterocycles. The topological polar surface area (TPSA) is 53.7 Å². The van der Waals surface area contributed by atoms with Crippen LogP contribution in [-0.2, 0) is 0 Å². The van der Waals surface area contributed by atoms with Gasteiger partial charge in [-0.15, -0.1) is 0 Å². The number of aryl methyl sites for hydroxylation is 2. The number of carbonyl (C=O) groups is 1. The highest BCUT2D eigenvalue weighted by Gasteiger charge is 2.28. The summed E-state index contributed by atoms with van der Waals surface area (Å²) in [7, 11) is 0. The summed E-state index contributed by atoms with van der Waals surface area (Å²) in [5, 5.41) is 10.2. The van der Waals surface area contributed by atoms with Gasteiger partial charge in [-0.3, -0.25) is 4.79 Å². The average molecular weight is 303 g/mol. The van der Waals surface area contributed by atoms with Crippen LogP contribution in [0.3, 0.4) is 0 Å². The van der Waals surface area contributed by atoms with Crippen LogP contribution >= 0.6 is 0 Å². The molecule has 1 amide bonds. The van der Waals surface area contributed by atoms with E-state index in [0.717, 1.165) is 0 Å². The SMILES string of the molecule is Cc1cc(C(=O)N2CCCC(O)c3cc(F)ccc32)c(C)o1. The standard InChI is InChI=1S/C17H18FNO3/c1-10-8-13(11(2)22-10)17(21)19-7-3-4-16(20)14-9-12(18)5-6-15(14)19/h5-6,8-9,16,20H,3-4,7H2,1-2H3. The quantitative estimate of drug-likeness (QED) is 0.877. The maximum absolute atomic E-state index is 13.5.